The Bertz CT molecular complexity index is 587. The average molecular weight is 400 g/mol. The SMILES string of the molecule is O=C(O)CCC1(CCC(=O)O)CCCC(CCC(=O)O)(CCC(=O)O)C(=O)C1. The van der Waals surface area contributed by atoms with Gasteiger partial charge in [-0.25, -0.2) is 0 Å². The third-order valence-electron chi connectivity index (χ3n) is 5.86. The molecule has 0 unspecified atom stereocenters. The van der Waals surface area contributed by atoms with Crippen LogP contribution in [0, 0.1) is 10.8 Å². The minimum atomic E-state index is -1.08. The Morgan fingerprint density at radius 3 is 1.46 bits per heavy atom. The van der Waals surface area contributed by atoms with E-state index in [2.05, 4.69) is 0 Å². The molecule has 0 aromatic heterocycles. The fraction of sp³-hybridized carbons (Fsp3) is 0.737. The van der Waals surface area contributed by atoms with Crippen LogP contribution >= 0.6 is 0 Å². The summed E-state index contributed by atoms with van der Waals surface area (Å²) in [6.07, 6.45) is 0.710. The second-order valence-electron chi connectivity index (χ2n) is 7.81. The number of carbonyl (C=O) groups is 5. The van der Waals surface area contributed by atoms with Crippen molar-refractivity contribution in [1.29, 1.82) is 0 Å². The van der Waals surface area contributed by atoms with Gasteiger partial charge >= 0.3 is 23.9 Å². The van der Waals surface area contributed by atoms with Crippen molar-refractivity contribution in [2.45, 2.75) is 77.0 Å². The van der Waals surface area contributed by atoms with Crippen molar-refractivity contribution >= 4 is 29.7 Å². The highest BCUT2D eigenvalue weighted by molar-refractivity contribution is 5.87. The Hall–Kier alpha value is -2.45. The molecule has 1 fully saturated rings. The van der Waals surface area contributed by atoms with Gasteiger partial charge in [-0.3, -0.25) is 24.0 Å². The second-order valence-corrected chi connectivity index (χ2v) is 7.81. The molecule has 158 valence electrons. The largest absolute Gasteiger partial charge is 0.481 e. The lowest BCUT2D eigenvalue weighted by Gasteiger charge is -2.34. The topological polar surface area (TPSA) is 166 Å². The van der Waals surface area contributed by atoms with Crippen LogP contribution in [0.25, 0.3) is 0 Å². The predicted octanol–water partition coefficient (Wildman–Crippen LogP) is 2.56. The molecular formula is C19H28O9. The van der Waals surface area contributed by atoms with E-state index in [-0.39, 0.29) is 63.6 Å². The van der Waals surface area contributed by atoms with Crippen LogP contribution in [0.1, 0.15) is 77.0 Å². The lowest BCUT2D eigenvalue weighted by molar-refractivity contribution is -0.143. The zero-order valence-corrected chi connectivity index (χ0v) is 15.8. The molecule has 0 amide bonds. The number of carboxylic acids is 4. The van der Waals surface area contributed by atoms with Crippen LogP contribution in [-0.4, -0.2) is 50.1 Å². The highest BCUT2D eigenvalue weighted by Crippen LogP contribution is 2.49. The Labute approximate surface area is 162 Å². The molecule has 0 aliphatic heterocycles. The van der Waals surface area contributed by atoms with Crippen molar-refractivity contribution < 1.29 is 44.4 Å². The Kier molecular flexibility index (Phi) is 8.59. The van der Waals surface area contributed by atoms with Crippen LogP contribution < -0.4 is 0 Å². The van der Waals surface area contributed by atoms with Gasteiger partial charge in [-0.1, -0.05) is 6.42 Å². The fourth-order valence-electron chi connectivity index (χ4n) is 4.20. The van der Waals surface area contributed by atoms with Gasteiger partial charge in [0.1, 0.15) is 5.78 Å². The number of Topliss-reactive ketones (excluding diaryl/α,β-unsaturated/α-hetero) is 1. The van der Waals surface area contributed by atoms with Gasteiger partial charge in [0, 0.05) is 37.5 Å². The molecule has 1 aliphatic rings. The number of aliphatic carboxylic acids is 4. The number of hydrogen-bond donors (Lipinski definition) is 4. The average Bonchev–Trinajstić information content (AvgIpc) is 2.72. The zero-order chi connectivity index (χ0) is 21.4. The summed E-state index contributed by atoms with van der Waals surface area (Å²) in [7, 11) is 0. The van der Waals surface area contributed by atoms with E-state index < -0.39 is 34.7 Å². The summed E-state index contributed by atoms with van der Waals surface area (Å²) in [5, 5.41) is 36.1. The number of carbonyl (C=O) groups excluding carboxylic acids is 1. The first-order chi connectivity index (χ1) is 13.0. The van der Waals surface area contributed by atoms with Gasteiger partial charge in [-0.2, -0.15) is 0 Å². The maximum absolute atomic E-state index is 13.2. The molecule has 0 heterocycles. The number of hydrogen-bond acceptors (Lipinski definition) is 5. The zero-order valence-electron chi connectivity index (χ0n) is 15.8. The van der Waals surface area contributed by atoms with Crippen LogP contribution in [-0.2, 0) is 24.0 Å². The van der Waals surface area contributed by atoms with Crippen molar-refractivity contribution in [2.75, 3.05) is 0 Å². The van der Waals surface area contributed by atoms with E-state index in [0.717, 1.165) is 0 Å². The molecule has 1 rings (SSSR count). The van der Waals surface area contributed by atoms with Crippen LogP contribution in [0.5, 0.6) is 0 Å². The van der Waals surface area contributed by atoms with Crippen molar-refractivity contribution in [2.24, 2.45) is 10.8 Å². The maximum atomic E-state index is 13.2. The first kappa shape index (κ1) is 23.6. The minimum absolute atomic E-state index is 0.0301. The number of rotatable bonds is 12. The predicted molar refractivity (Wildman–Crippen MR) is 95.8 cm³/mol. The molecule has 4 N–H and O–H groups in total. The monoisotopic (exact) mass is 400 g/mol. The number of ketones is 1. The third kappa shape index (κ3) is 7.28. The van der Waals surface area contributed by atoms with Crippen LogP contribution in [0.3, 0.4) is 0 Å². The maximum Gasteiger partial charge on any atom is 0.303 e. The summed E-state index contributed by atoms with van der Waals surface area (Å²) >= 11 is 0. The molecule has 0 radical (unpaired) electrons. The normalized spacial score (nSPS) is 18.2. The Balaban J connectivity index is 3.12. The summed E-state index contributed by atoms with van der Waals surface area (Å²) in [5.41, 5.74) is -1.85. The first-order valence-electron chi connectivity index (χ1n) is 9.41. The van der Waals surface area contributed by atoms with Gasteiger partial charge in [0.25, 0.3) is 0 Å². The van der Waals surface area contributed by atoms with Crippen molar-refractivity contribution in [1.82, 2.24) is 0 Å². The van der Waals surface area contributed by atoms with Gasteiger partial charge in [-0.05, 0) is 43.9 Å². The molecule has 0 aromatic carbocycles. The van der Waals surface area contributed by atoms with E-state index in [1.165, 1.54) is 0 Å². The molecule has 0 saturated heterocycles. The Morgan fingerprint density at radius 1 is 0.679 bits per heavy atom. The molecule has 1 saturated carbocycles. The summed E-state index contributed by atoms with van der Waals surface area (Å²) in [6, 6.07) is 0. The van der Waals surface area contributed by atoms with Crippen molar-refractivity contribution in [3.8, 4) is 0 Å². The van der Waals surface area contributed by atoms with Crippen LogP contribution in [0.4, 0.5) is 0 Å². The highest BCUT2D eigenvalue weighted by Gasteiger charge is 2.45. The van der Waals surface area contributed by atoms with Crippen LogP contribution in [0.15, 0.2) is 0 Å². The van der Waals surface area contributed by atoms with Gasteiger partial charge in [0.15, 0.2) is 0 Å². The highest BCUT2D eigenvalue weighted by atomic mass is 16.4. The number of carboxylic acid groups (broad SMARTS) is 4. The van der Waals surface area contributed by atoms with Gasteiger partial charge in [0.05, 0.1) is 0 Å². The summed E-state index contributed by atoms with van der Waals surface area (Å²) in [5.74, 6) is -4.49. The van der Waals surface area contributed by atoms with Crippen LogP contribution in [0.2, 0.25) is 0 Å². The van der Waals surface area contributed by atoms with E-state index >= 15 is 0 Å². The van der Waals surface area contributed by atoms with E-state index in [1.54, 1.807) is 0 Å². The van der Waals surface area contributed by atoms with E-state index in [0.29, 0.717) is 19.3 Å². The second kappa shape index (κ2) is 10.2. The van der Waals surface area contributed by atoms with E-state index in [9.17, 15) is 24.0 Å². The quantitative estimate of drug-likeness (QED) is 0.360. The van der Waals surface area contributed by atoms with Crippen molar-refractivity contribution in [3.63, 3.8) is 0 Å². The molecular weight excluding hydrogens is 372 g/mol. The van der Waals surface area contributed by atoms with Gasteiger partial charge in [-0.15, -0.1) is 0 Å². The molecule has 28 heavy (non-hydrogen) atoms. The van der Waals surface area contributed by atoms with Crippen molar-refractivity contribution in [3.05, 3.63) is 0 Å². The van der Waals surface area contributed by atoms with E-state index in [4.69, 9.17) is 20.4 Å². The molecule has 0 aromatic rings. The summed E-state index contributed by atoms with van der Waals surface area (Å²) < 4.78 is 0. The lowest BCUT2D eigenvalue weighted by Crippen LogP contribution is -2.35. The molecule has 0 spiro atoms. The molecule has 0 bridgehead atoms. The lowest BCUT2D eigenvalue weighted by atomic mass is 9.69. The van der Waals surface area contributed by atoms with E-state index in [1.807, 2.05) is 0 Å². The smallest absolute Gasteiger partial charge is 0.303 e. The van der Waals surface area contributed by atoms with Gasteiger partial charge < -0.3 is 20.4 Å². The molecule has 1 aliphatic carbocycles. The summed E-state index contributed by atoms with van der Waals surface area (Å²) in [6.45, 7) is 0. The first-order valence-corrected chi connectivity index (χ1v) is 9.41. The third-order valence-corrected chi connectivity index (χ3v) is 5.86. The Morgan fingerprint density at radius 2 is 1.07 bits per heavy atom. The molecule has 9 heteroatoms. The van der Waals surface area contributed by atoms with Gasteiger partial charge in [0.2, 0.25) is 0 Å². The minimum Gasteiger partial charge on any atom is -0.481 e. The standard InChI is InChI=1S/C19H28O9/c20-13-12-18(8-2-14(21)22,9-3-15(23)24)6-1-7-19(13,10-4-16(25)26)11-5-17(27)28/h1-12H2,(H,21,22)(H,23,24)(H,25,26)(H,27,28). The summed E-state index contributed by atoms with van der Waals surface area (Å²) in [4.78, 5) is 57.3. The molecule has 0 atom stereocenters. The fourth-order valence-corrected chi connectivity index (χ4v) is 4.20. The molecule has 9 nitrogen and oxygen atoms in total.